The van der Waals surface area contributed by atoms with Crippen LogP contribution in [0.15, 0.2) is 12.1 Å². The molecule has 7 heteroatoms. The molecule has 0 aliphatic heterocycles. The van der Waals surface area contributed by atoms with Gasteiger partial charge in [0.25, 0.3) is 0 Å². The van der Waals surface area contributed by atoms with Gasteiger partial charge in [-0.2, -0.15) is 0 Å². The van der Waals surface area contributed by atoms with Crippen molar-refractivity contribution in [3.05, 3.63) is 17.2 Å². The molecule has 0 atom stereocenters. The zero-order valence-corrected chi connectivity index (χ0v) is 14.8. The Morgan fingerprint density at radius 2 is 2.18 bits per heavy atom. The number of rotatable bonds is 6. The Labute approximate surface area is 139 Å². The average Bonchev–Trinajstić information content (AvgIpc) is 2.89. The molecule has 1 heterocycles. The lowest BCUT2D eigenvalue weighted by molar-refractivity contribution is -0.858. The number of carbonyl (C=O) groups is 1. The largest absolute Gasteiger partial charge is 0.494 e. The van der Waals surface area contributed by atoms with Gasteiger partial charge in [0.15, 0.2) is 5.13 Å². The van der Waals surface area contributed by atoms with E-state index in [0.29, 0.717) is 28.0 Å². The monoisotopic (exact) mass is 342 g/mol. The number of thiazole rings is 1. The minimum absolute atomic E-state index is 0.0112. The zero-order valence-electron chi connectivity index (χ0n) is 13.3. The molecule has 0 bridgehead atoms. The molecule has 22 heavy (non-hydrogen) atoms. The molecular weight excluding hydrogens is 322 g/mol. The maximum absolute atomic E-state index is 12.0. The molecule has 2 aromatic rings. The van der Waals surface area contributed by atoms with Gasteiger partial charge in [0.05, 0.1) is 37.5 Å². The molecule has 1 aromatic heterocycles. The fourth-order valence-corrected chi connectivity index (χ4v) is 3.53. The maximum Gasteiger partial charge on any atom is 0.225 e. The predicted octanol–water partition coefficient (Wildman–Crippen LogP) is 1.85. The average molecular weight is 343 g/mol. The van der Waals surface area contributed by atoms with Crippen molar-refractivity contribution in [2.45, 2.75) is 13.3 Å². The van der Waals surface area contributed by atoms with E-state index in [2.05, 4.69) is 19.1 Å². The van der Waals surface area contributed by atoms with Crippen molar-refractivity contribution in [3.8, 4) is 5.75 Å². The molecular formula is C15H21ClN3O2S+. The highest BCUT2D eigenvalue weighted by molar-refractivity contribution is 7.23. The summed E-state index contributed by atoms with van der Waals surface area (Å²) in [5.41, 5.74) is 0.708. The van der Waals surface area contributed by atoms with E-state index in [0.717, 1.165) is 17.7 Å². The van der Waals surface area contributed by atoms with Crippen LogP contribution in [-0.4, -0.2) is 45.2 Å². The van der Waals surface area contributed by atoms with E-state index in [1.54, 1.807) is 31.1 Å². The lowest BCUT2D eigenvalue weighted by atomic mass is 10.3. The third-order valence-corrected chi connectivity index (χ3v) is 4.88. The molecule has 0 radical (unpaired) electrons. The molecule has 0 saturated carbocycles. The second kappa shape index (κ2) is 7.26. The zero-order chi connectivity index (χ0) is 16.3. The van der Waals surface area contributed by atoms with E-state index in [4.69, 9.17) is 16.3 Å². The van der Waals surface area contributed by atoms with Crippen LogP contribution in [0, 0.1) is 0 Å². The molecule has 1 aromatic carbocycles. The van der Waals surface area contributed by atoms with E-state index in [-0.39, 0.29) is 5.91 Å². The van der Waals surface area contributed by atoms with E-state index in [1.165, 1.54) is 16.2 Å². The van der Waals surface area contributed by atoms with Crippen molar-refractivity contribution in [1.29, 1.82) is 0 Å². The van der Waals surface area contributed by atoms with Gasteiger partial charge < -0.3 is 9.64 Å². The minimum atomic E-state index is -0.0112. The molecule has 5 nitrogen and oxygen atoms in total. The van der Waals surface area contributed by atoms with E-state index in [1.807, 2.05) is 0 Å². The van der Waals surface area contributed by atoms with Gasteiger partial charge in [-0.3, -0.25) is 9.69 Å². The maximum atomic E-state index is 12.0. The van der Waals surface area contributed by atoms with Gasteiger partial charge in [0.1, 0.15) is 11.3 Å². The SMILES string of the molecule is COc1ccc(Cl)c2sc(N(CCC[NH+](C)C)C(C)=O)nc12. The number of amides is 1. The van der Waals surface area contributed by atoms with Crippen LogP contribution < -0.4 is 14.5 Å². The summed E-state index contributed by atoms with van der Waals surface area (Å²) < 4.78 is 6.18. The Kier molecular flexibility index (Phi) is 5.61. The van der Waals surface area contributed by atoms with Crippen molar-refractivity contribution < 1.29 is 14.4 Å². The van der Waals surface area contributed by atoms with Crippen LogP contribution in [0.4, 0.5) is 5.13 Å². The number of anilines is 1. The number of halogens is 1. The van der Waals surface area contributed by atoms with Crippen molar-refractivity contribution >= 4 is 44.2 Å². The van der Waals surface area contributed by atoms with Crippen LogP contribution in [-0.2, 0) is 4.79 Å². The van der Waals surface area contributed by atoms with Crippen LogP contribution >= 0.6 is 22.9 Å². The first-order valence-corrected chi connectivity index (χ1v) is 8.33. The number of hydrogen-bond acceptors (Lipinski definition) is 4. The summed E-state index contributed by atoms with van der Waals surface area (Å²) >= 11 is 7.66. The molecule has 120 valence electrons. The molecule has 0 spiro atoms. The molecule has 0 aliphatic rings. The van der Waals surface area contributed by atoms with Crippen LogP contribution in [0.2, 0.25) is 5.02 Å². The minimum Gasteiger partial charge on any atom is -0.494 e. The van der Waals surface area contributed by atoms with Crippen molar-refractivity contribution in [1.82, 2.24) is 4.98 Å². The van der Waals surface area contributed by atoms with Gasteiger partial charge in [-0.15, -0.1) is 0 Å². The van der Waals surface area contributed by atoms with Gasteiger partial charge in [-0.05, 0) is 12.1 Å². The van der Waals surface area contributed by atoms with E-state index >= 15 is 0 Å². The van der Waals surface area contributed by atoms with Gasteiger partial charge in [-0.1, -0.05) is 22.9 Å². The van der Waals surface area contributed by atoms with Crippen LogP contribution in [0.5, 0.6) is 5.75 Å². The number of methoxy groups -OCH3 is 1. The quantitative estimate of drug-likeness (QED) is 0.871. The lowest BCUT2D eigenvalue weighted by Gasteiger charge is -2.18. The van der Waals surface area contributed by atoms with Crippen LogP contribution in [0.3, 0.4) is 0 Å². The highest BCUT2D eigenvalue weighted by atomic mass is 35.5. The second-order valence-corrected chi connectivity index (χ2v) is 6.79. The van der Waals surface area contributed by atoms with Gasteiger partial charge >= 0.3 is 0 Å². The molecule has 0 unspecified atom stereocenters. The third-order valence-electron chi connectivity index (χ3n) is 3.34. The number of aromatic nitrogens is 1. The number of nitrogens with zero attached hydrogens (tertiary/aromatic N) is 2. The summed E-state index contributed by atoms with van der Waals surface area (Å²) in [5, 5.41) is 1.29. The van der Waals surface area contributed by atoms with Gasteiger partial charge in [0, 0.05) is 19.9 Å². The third kappa shape index (κ3) is 3.69. The van der Waals surface area contributed by atoms with Crippen molar-refractivity contribution in [2.24, 2.45) is 0 Å². The number of benzene rings is 1. The van der Waals surface area contributed by atoms with Crippen LogP contribution in [0.1, 0.15) is 13.3 Å². The van der Waals surface area contributed by atoms with Crippen molar-refractivity contribution in [3.63, 3.8) is 0 Å². The Bertz CT molecular complexity index is 672. The number of fused-ring (bicyclic) bond motifs is 1. The lowest BCUT2D eigenvalue weighted by Crippen LogP contribution is -3.05. The number of nitrogens with one attached hydrogen (secondary N) is 1. The summed E-state index contributed by atoms with van der Waals surface area (Å²) in [5.74, 6) is 0.658. The highest BCUT2D eigenvalue weighted by Gasteiger charge is 2.19. The molecule has 2 rings (SSSR count). The van der Waals surface area contributed by atoms with Crippen LogP contribution in [0.25, 0.3) is 10.2 Å². The highest BCUT2D eigenvalue weighted by Crippen LogP contribution is 2.38. The molecule has 1 N–H and O–H groups in total. The Morgan fingerprint density at radius 1 is 1.45 bits per heavy atom. The van der Waals surface area contributed by atoms with Crippen molar-refractivity contribution in [2.75, 3.05) is 39.2 Å². The fraction of sp³-hybridized carbons (Fsp3) is 0.467. The number of quaternary nitrogens is 1. The first-order valence-electron chi connectivity index (χ1n) is 7.14. The topological polar surface area (TPSA) is 46.9 Å². The summed E-state index contributed by atoms with van der Waals surface area (Å²) in [7, 11) is 5.80. The normalized spacial score (nSPS) is 11.2. The number of hydrogen-bond donors (Lipinski definition) is 1. The molecule has 0 aliphatic carbocycles. The summed E-state index contributed by atoms with van der Waals surface area (Å²) in [6.07, 6.45) is 0.919. The molecule has 0 saturated heterocycles. The predicted molar refractivity (Wildman–Crippen MR) is 91.5 cm³/mol. The standard InChI is InChI=1S/C15H20ClN3O2S/c1-10(20)19(9-5-8-18(2)3)15-17-13-12(21-4)7-6-11(16)14(13)22-15/h6-7H,5,8-9H2,1-4H3/p+1. The van der Waals surface area contributed by atoms with E-state index in [9.17, 15) is 4.79 Å². The molecule has 0 fully saturated rings. The Morgan fingerprint density at radius 3 is 2.77 bits per heavy atom. The first-order chi connectivity index (χ1) is 10.4. The summed E-state index contributed by atoms with van der Waals surface area (Å²) in [6, 6.07) is 3.58. The fourth-order valence-electron chi connectivity index (χ4n) is 2.20. The van der Waals surface area contributed by atoms with Gasteiger partial charge in [0.2, 0.25) is 5.91 Å². The Balaban J connectivity index is 2.34. The number of carbonyl (C=O) groups excluding carboxylic acids is 1. The first kappa shape index (κ1) is 17.0. The Hall–Kier alpha value is -1.37. The summed E-state index contributed by atoms with van der Waals surface area (Å²) in [6.45, 7) is 3.21. The van der Waals surface area contributed by atoms with E-state index < -0.39 is 0 Å². The smallest absolute Gasteiger partial charge is 0.225 e. The molecule has 1 amide bonds. The second-order valence-electron chi connectivity index (χ2n) is 5.41. The summed E-state index contributed by atoms with van der Waals surface area (Å²) in [4.78, 5) is 19.6. The number of ether oxygens (including phenoxy) is 1. The van der Waals surface area contributed by atoms with Gasteiger partial charge in [-0.25, -0.2) is 4.98 Å².